The van der Waals surface area contributed by atoms with Gasteiger partial charge in [0.2, 0.25) is 6.10 Å². The van der Waals surface area contributed by atoms with Crippen LogP contribution >= 0.6 is 0 Å². The van der Waals surface area contributed by atoms with E-state index < -0.39 is 89.3 Å². The highest BCUT2D eigenvalue weighted by Gasteiger charge is 2.53. The number of esters is 1. The van der Waals surface area contributed by atoms with E-state index in [4.69, 9.17) is 39.2 Å². The molecular weight excluding hydrogens is 750 g/mol. The number of anilines is 1. The van der Waals surface area contributed by atoms with Gasteiger partial charge in [0, 0.05) is 41.8 Å². The molecule has 0 spiro atoms. The molecule has 1 aromatic heterocycles. The molecule has 1 amide bonds. The minimum Gasteiger partial charge on any atom is -0.459 e. The molecule has 4 N–H and O–H groups in total. The van der Waals surface area contributed by atoms with Crippen molar-refractivity contribution in [3.8, 4) is 0 Å². The van der Waals surface area contributed by atoms with Gasteiger partial charge in [0.05, 0.1) is 37.1 Å². The highest BCUT2D eigenvalue weighted by Crippen LogP contribution is 2.40. The number of nitrogen functional groups attached to an aromatic ring is 1. The first-order chi connectivity index (χ1) is 27.3. The first kappa shape index (κ1) is 45.4. The van der Waals surface area contributed by atoms with Gasteiger partial charge >= 0.3 is 5.97 Å². The van der Waals surface area contributed by atoms with E-state index in [1.54, 1.807) is 51.3 Å². The number of fused-ring (bicyclic) bond motifs is 4. The first-order valence-electron chi connectivity index (χ1n) is 20.4. The second-order valence-corrected chi connectivity index (χ2v) is 17.1. The van der Waals surface area contributed by atoms with E-state index in [1.807, 2.05) is 39.8 Å². The van der Waals surface area contributed by atoms with Crippen LogP contribution in [0.3, 0.4) is 0 Å². The lowest BCUT2D eigenvalue weighted by molar-refractivity contribution is -0.296. The van der Waals surface area contributed by atoms with Crippen LogP contribution in [-0.4, -0.2) is 137 Å². The smallest absolute Gasteiger partial charge is 0.316 e. The van der Waals surface area contributed by atoms with E-state index in [1.165, 1.54) is 13.8 Å². The maximum atomic E-state index is 14.4. The van der Waals surface area contributed by atoms with E-state index in [2.05, 4.69) is 10.1 Å². The van der Waals surface area contributed by atoms with Crippen molar-refractivity contribution in [2.24, 2.45) is 33.8 Å². The minimum atomic E-state index is -1.84. The Kier molecular flexibility index (Phi) is 14.7. The van der Waals surface area contributed by atoms with Crippen molar-refractivity contribution < 1.29 is 53.1 Å². The van der Waals surface area contributed by atoms with Gasteiger partial charge in [-0.2, -0.15) is 0 Å². The third kappa shape index (κ3) is 9.86. The molecule has 4 bridgehead atoms. The second kappa shape index (κ2) is 18.7. The van der Waals surface area contributed by atoms with Gasteiger partial charge < -0.3 is 49.4 Å². The highest BCUT2D eigenvalue weighted by molar-refractivity contribution is 6.01. The largest absolute Gasteiger partial charge is 0.459 e. The summed E-state index contributed by atoms with van der Waals surface area (Å²) in [5.74, 6) is -5.17. The fraction of sp³-hybridized carbons (Fsp3) is 0.714. The molecule has 322 valence electrons. The van der Waals surface area contributed by atoms with Gasteiger partial charge in [0.25, 0.3) is 5.91 Å². The minimum absolute atomic E-state index is 0.0850. The monoisotopic (exact) mass is 813 g/mol. The number of oxime groups is 1. The number of nitrogens with two attached hydrogens (primary N) is 1. The highest BCUT2D eigenvalue weighted by atomic mass is 16.7. The van der Waals surface area contributed by atoms with Gasteiger partial charge in [-0.15, -0.1) is 0 Å². The number of aliphatic imine (C=N–C) groups is 1. The van der Waals surface area contributed by atoms with Crippen LogP contribution in [0.15, 0.2) is 34.6 Å². The quantitative estimate of drug-likeness (QED) is 0.266. The summed E-state index contributed by atoms with van der Waals surface area (Å²) in [6, 6.07) is 3.24. The fourth-order valence-corrected chi connectivity index (χ4v) is 8.84. The molecule has 4 aliphatic heterocycles. The van der Waals surface area contributed by atoms with E-state index in [9.17, 15) is 24.6 Å². The average molecular weight is 814 g/mol. The molecule has 0 aliphatic carbocycles. The molecule has 14 atom stereocenters. The Bertz CT molecular complexity index is 1730. The number of aromatic nitrogens is 1. The molecule has 0 radical (unpaired) electrons. The van der Waals surface area contributed by atoms with Gasteiger partial charge in [-0.25, -0.2) is 9.98 Å². The van der Waals surface area contributed by atoms with Gasteiger partial charge in [-0.05, 0) is 79.1 Å². The molecule has 5 rings (SSSR count). The Labute approximate surface area is 341 Å². The van der Waals surface area contributed by atoms with Crippen molar-refractivity contribution in [2.75, 3.05) is 33.0 Å². The second-order valence-electron chi connectivity index (χ2n) is 17.1. The number of cyclic esters (lactones) is 1. The van der Waals surface area contributed by atoms with Crippen LogP contribution < -0.4 is 5.73 Å². The number of carbonyl (C=O) groups excluding carboxylic acids is 3. The number of hydrogen-bond acceptors (Lipinski definition) is 15. The van der Waals surface area contributed by atoms with Crippen LogP contribution in [0.4, 0.5) is 5.82 Å². The van der Waals surface area contributed by atoms with Crippen molar-refractivity contribution in [2.45, 2.75) is 141 Å². The number of Topliss-reactive ketones (excluding diaryl/α,β-unsaturated/α-hetero) is 1. The normalized spacial score (nSPS) is 40.5. The van der Waals surface area contributed by atoms with Crippen LogP contribution in [0.25, 0.3) is 6.08 Å². The summed E-state index contributed by atoms with van der Waals surface area (Å²) < 4.78 is 32.3. The Balaban J connectivity index is 1.67. The number of aliphatic hydroxyl groups excluding tert-OH is 1. The third-order valence-electron chi connectivity index (χ3n) is 12.2. The van der Waals surface area contributed by atoms with Gasteiger partial charge in [0.15, 0.2) is 12.1 Å². The zero-order chi connectivity index (χ0) is 42.7. The van der Waals surface area contributed by atoms with Crippen LogP contribution in [0.5, 0.6) is 0 Å². The predicted molar refractivity (Wildman–Crippen MR) is 216 cm³/mol. The van der Waals surface area contributed by atoms with Crippen molar-refractivity contribution in [3.63, 3.8) is 0 Å². The number of rotatable bonds is 7. The predicted octanol–water partition coefficient (Wildman–Crippen LogP) is 3.36. The number of likely N-dealkylation sites (N-methyl/N-ethyl adjacent to an activating group) is 1. The standard InChI is InChI=1S/C42H63N5O11/c1-11-31-42(8,52)36-24(4)32-22(2)19-41(7,35(25(5)33(48)26(6)39(51)56-31)57-40-34(49)29(47(9)10)18-23(3)55-40)54-21-28(20-53-36)46-58-30(38(50)45-32)16-12-14-27-15-13-17-44-37(27)43/h12-15,17,22-26,29-31,34-36,40,49,52H,11,16,18-21H2,1-10H3,(H2,43,44)/b14-12+,45-32?,46-28+/t22-,23-,24-,25+,26-,29+,30?,31-,34-,35-,36+,40+,41-,42-/m1/s1. The van der Waals surface area contributed by atoms with E-state index in [0.717, 1.165) is 0 Å². The number of nitrogens with zero attached hydrogens (tertiary/aromatic N) is 4. The molecule has 5 heterocycles. The average Bonchev–Trinajstić information content (AvgIpc) is 3.20. The fourth-order valence-electron chi connectivity index (χ4n) is 8.84. The van der Waals surface area contributed by atoms with Gasteiger partial charge in [-0.3, -0.25) is 14.4 Å². The van der Waals surface area contributed by atoms with Crippen LogP contribution in [0, 0.1) is 23.7 Å². The number of aliphatic hydroxyl groups is 2. The summed E-state index contributed by atoms with van der Waals surface area (Å²) in [4.78, 5) is 59.2. The third-order valence-corrected chi connectivity index (χ3v) is 12.2. The molecule has 58 heavy (non-hydrogen) atoms. The van der Waals surface area contributed by atoms with E-state index in [-0.39, 0.29) is 50.3 Å². The van der Waals surface area contributed by atoms with Crippen molar-refractivity contribution in [1.29, 1.82) is 0 Å². The summed E-state index contributed by atoms with van der Waals surface area (Å²) in [5.41, 5.74) is 4.09. The molecule has 1 unspecified atom stereocenters. The summed E-state index contributed by atoms with van der Waals surface area (Å²) in [6.45, 7) is 13.4. The molecule has 16 heteroatoms. The molecule has 3 saturated heterocycles. The SMILES string of the molecule is CC[C@H]1OC(=O)[C@H](C)C(=O)[C@H](C)[C@@H](O[C@@H]2O[C@H](C)C[C@H](N(C)C)[C@H]2O)[C@@]2(C)C[C@@H](C)C3=NC(=O)C(C/C=C/c4cccnc4N)O/N=C(\CO[C@@H]([C@@H]3C)[C@]1(C)O)CO2. The topological polar surface area (TPSA) is 214 Å². The molecular formula is C42H63N5O11. The van der Waals surface area contributed by atoms with Crippen LogP contribution in [0.2, 0.25) is 0 Å². The Morgan fingerprint density at radius 2 is 1.81 bits per heavy atom. The number of pyridine rings is 1. The first-order valence-corrected chi connectivity index (χ1v) is 20.4. The molecule has 16 nitrogen and oxygen atoms in total. The Morgan fingerprint density at radius 1 is 1.09 bits per heavy atom. The van der Waals surface area contributed by atoms with Gasteiger partial charge in [-0.1, -0.05) is 45.0 Å². The van der Waals surface area contributed by atoms with E-state index >= 15 is 0 Å². The zero-order valence-electron chi connectivity index (χ0n) is 35.5. The van der Waals surface area contributed by atoms with E-state index in [0.29, 0.717) is 23.5 Å². The lowest BCUT2D eigenvalue weighted by atomic mass is 9.73. The molecule has 0 saturated carbocycles. The maximum Gasteiger partial charge on any atom is 0.316 e. The molecule has 1 aromatic rings. The number of hydrogen-bond donors (Lipinski definition) is 3. The van der Waals surface area contributed by atoms with Gasteiger partial charge in [0.1, 0.15) is 35.3 Å². The number of carbonyl (C=O) groups is 3. The lowest BCUT2D eigenvalue weighted by Gasteiger charge is -2.47. The maximum absolute atomic E-state index is 14.4. The number of ether oxygens (including phenoxy) is 5. The van der Waals surface area contributed by atoms with Crippen molar-refractivity contribution >= 4 is 41.0 Å². The summed E-state index contributed by atoms with van der Waals surface area (Å²) in [7, 11) is 3.73. The zero-order valence-corrected chi connectivity index (χ0v) is 35.5. The summed E-state index contributed by atoms with van der Waals surface area (Å²) >= 11 is 0. The summed E-state index contributed by atoms with van der Waals surface area (Å²) in [5, 5.41) is 28.4. The summed E-state index contributed by atoms with van der Waals surface area (Å²) in [6.07, 6.45) is -1.02. The Morgan fingerprint density at radius 3 is 2.48 bits per heavy atom. The molecule has 3 fully saturated rings. The lowest BCUT2D eigenvalue weighted by Crippen LogP contribution is -2.60. The van der Waals surface area contributed by atoms with Crippen molar-refractivity contribution in [3.05, 3.63) is 30.0 Å². The molecule has 0 aromatic carbocycles. The van der Waals surface area contributed by atoms with Crippen molar-refractivity contribution in [1.82, 2.24) is 9.88 Å². The van der Waals surface area contributed by atoms with Crippen LogP contribution in [0.1, 0.15) is 86.6 Å². The number of ketones is 1. The van der Waals surface area contributed by atoms with Crippen LogP contribution in [-0.2, 0) is 42.9 Å². The molecule has 4 aliphatic rings. The Hall–Kier alpha value is -3.64. The number of amides is 1.